The fraction of sp³-hybridized carbons (Fsp3) is 0.278. The van der Waals surface area contributed by atoms with Gasteiger partial charge in [-0.1, -0.05) is 32.0 Å². The highest BCUT2D eigenvalue weighted by molar-refractivity contribution is 5.94. The first-order valence-corrected chi connectivity index (χ1v) is 7.38. The number of ether oxygens (including phenoxy) is 1. The average molecular weight is 298 g/mol. The van der Waals surface area contributed by atoms with Crippen LogP contribution in [0.3, 0.4) is 0 Å². The number of nitrogen functional groups attached to an aromatic ring is 1. The smallest absolute Gasteiger partial charge is 0.265 e. The lowest BCUT2D eigenvalue weighted by molar-refractivity contribution is -0.122. The molecule has 0 saturated carbocycles. The molecule has 22 heavy (non-hydrogen) atoms. The summed E-state index contributed by atoms with van der Waals surface area (Å²) >= 11 is 0. The average Bonchev–Trinajstić information content (AvgIpc) is 2.47. The van der Waals surface area contributed by atoms with Gasteiger partial charge in [-0.05, 0) is 48.7 Å². The van der Waals surface area contributed by atoms with Crippen LogP contribution in [0.1, 0.15) is 32.3 Å². The molecule has 4 nitrogen and oxygen atoms in total. The minimum absolute atomic E-state index is 0.208. The van der Waals surface area contributed by atoms with Crippen molar-refractivity contribution >= 4 is 17.3 Å². The number of hydrogen-bond donors (Lipinski definition) is 2. The summed E-state index contributed by atoms with van der Waals surface area (Å²) in [6.45, 7) is 5.97. The van der Waals surface area contributed by atoms with Gasteiger partial charge >= 0.3 is 0 Å². The van der Waals surface area contributed by atoms with Crippen LogP contribution in [0.15, 0.2) is 48.5 Å². The fourth-order valence-electron chi connectivity index (χ4n) is 2.06. The largest absolute Gasteiger partial charge is 0.481 e. The molecule has 0 radical (unpaired) electrons. The van der Waals surface area contributed by atoms with Crippen molar-refractivity contribution in [3.63, 3.8) is 0 Å². The lowest BCUT2D eigenvalue weighted by atomic mass is 10.0. The number of carbonyl (C=O) groups excluding carboxylic acids is 1. The van der Waals surface area contributed by atoms with Gasteiger partial charge in [-0.2, -0.15) is 0 Å². The Bertz CT molecular complexity index is 653. The first-order valence-electron chi connectivity index (χ1n) is 7.38. The Morgan fingerprint density at radius 2 is 1.82 bits per heavy atom. The van der Waals surface area contributed by atoms with Crippen molar-refractivity contribution in [1.29, 1.82) is 0 Å². The molecule has 116 valence electrons. The number of hydrogen-bond acceptors (Lipinski definition) is 3. The Morgan fingerprint density at radius 1 is 1.09 bits per heavy atom. The second-order valence-corrected chi connectivity index (χ2v) is 5.60. The zero-order valence-electron chi connectivity index (χ0n) is 13.2. The predicted octanol–water partition coefficient (Wildman–Crippen LogP) is 3.80. The summed E-state index contributed by atoms with van der Waals surface area (Å²) in [5.41, 5.74) is 8.15. The van der Waals surface area contributed by atoms with Crippen LogP contribution in [-0.2, 0) is 4.79 Å². The first kappa shape index (κ1) is 15.9. The molecule has 4 heteroatoms. The van der Waals surface area contributed by atoms with Gasteiger partial charge in [0, 0.05) is 11.4 Å². The van der Waals surface area contributed by atoms with E-state index < -0.39 is 6.10 Å². The molecule has 0 aliphatic heterocycles. The quantitative estimate of drug-likeness (QED) is 0.825. The number of nitrogens with one attached hydrogen (secondary N) is 1. The van der Waals surface area contributed by atoms with Crippen molar-refractivity contribution in [2.45, 2.75) is 32.8 Å². The molecule has 0 aliphatic carbocycles. The normalized spacial score (nSPS) is 12.0. The highest BCUT2D eigenvalue weighted by Crippen LogP contribution is 2.21. The van der Waals surface area contributed by atoms with E-state index in [2.05, 4.69) is 25.2 Å². The number of benzene rings is 2. The summed E-state index contributed by atoms with van der Waals surface area (Å²) in [6.07, 6.45) is -0.594. The summed E-state index contributed by atoms with van der Waals surface area (Å²) in [6, 6.07) is 14.9. The van der Waals surface area contributed by atoms with Crippen molar-refractivity contribution in [2.75, 3.05) is 11.1 Å². The number of anilines is 2. The zero-order chi connectivity index (χ0) is 16.1. The maximum Gasteiger partial charge on any atom is 0.265 e. The molecule has 0 fully saturated rings. The van der Waals surface area contributed by atoms with E-state index in [9.17, 15) is 4.79 Å². The Morgan fingerprint density at radius 3 is 2.50 bits per heavy atom. The minimum atomic E-state index is -0.594. The van der Waals surface area contributed by atoms with E-state index in [-0.39, 0.29) is 5.91 Å². The lowest BCUT2D eigenvalue weighted by Crippen LogP contribution is -2.30. The summed E-state index contributed by atoms with van der Waals surface area (Å²) in [5.74, 6) is 0.905. The Balaban J connectivity index is 2.00. The molecule has 0 spiro atoms. The van der Waals surface area contributed by atoms with E-state index in [1.807, 2.05) is 18.2 Å². The van der Waals surface area contributed by atoms with E-state index in [0.29, 0.717) is 23.0 Å². The van der Waals surface area contributed by atoms with Crippen molar-refractivity contribution in [3.05, 3.63) is 54.1 Å². The van der Waals surface area contributed by atoms with Gasteiger partial charge in [0.05, 0.1) is 0 Å². The Kier molecular flexibility index (Phi) is 5.04. The van der Waals surface area contributed by atoms with Gasteiger partial charge in [-0.15, -0.1) is 0 Å². The van der Waals surface area contributed by atoms with Gasteiger partial charge in [-0.3, -0.25) is 4.79 Å². The summed E-state index contributed by atoms with van der Waals surface area (Å²) in [7, 11) is 0. The van der Waals surface area contributed by atoms with Crippen LogP contribution in [0.2, 0.25) is 0 Å². The predicted molar refractivity (Wildman–Crippen MR) is 90.1 cm³/mol. The highest BCUT2D eigenvalue weighted by Gasteiger charge is 2.15. The van der Waals surface area contributed by atoms with Crippen LogP contribution in [0.4, 0.5) is 11.4 Å². The topological polar surface area (TPSA) is 64.3 Å². The third-order valence-electron chi connectivity index (χ3n) is 3.36. The van der Waals surface area contributed by atoms with Gasteiger partial charge in [0.25, 0.3) is 5.91 Å². The third-order valence-corrected chi connectivity index (χ3v) is 3.36. The molecule has 2 aromatic carbocycles. The van der Waals surface area contributed by atoms with Crippen molar-refractivity contribution in [3.8, 4) is 5.75 Å². The molecule has 0 saturated heterocycles. The number of rotatable bonds is 5. The van der Waals surface area contributed by atoms with Gasteiger partial charge < -0.3 is 15.8 Å². The Labute approximate surface area is 131 Å². The maximum atomic E-state index is 12.2. The lowest BCUT2D eigenvalue weighted by Gasteiger charge is -2.16. The van der Waals surface area contributed by atoms with E-state index >= 15 is 0 Å². The number of nitrogens with two attached hydrogens (primary N) is 1. The molecule has 2 aromatic rings. The SMILES string of the molecule is CC(Oc1cccc(C(C)C)c1)C(=O)Nc1cccc(N)c1. The first-order chi connectivity index (χ1) is 10.5. The van der Waals surface area contributed by atoms with E-state index in [1.165, 1.54) is 5.56 Å². The standard InChI is InChI=1S/C18H22N2O2/c1-12(2)14-6-4-9-17(10-14)22-13(3)18(21)20-16-8-5-7-15(19)11-16/h4-13H,19H2,1-3H3,(H,20,21). The molecule has 0 heterocycles. The van der Waals surface area contributed by atoms with Crippen molar-refractivity contribution in [2.24, 2.45) is 0 Å². The molecule has 1 unspecified atom stereocenters. The van der Waals surface area contributed by atoms with Gasteiger partial charge in [0.15, 0.2) is 6.10 Å². The monoisotopic (exact) mass is 298 g/mol. The van der Waals surface area contributed by atoms with Crippen LogP contribution in [0, 0.1) is 0 Å². The Hall–Kier alpha value is -2.49. The second-order valence-electron chi connectivity index (χ2n) is 5.60. The molecule has 0 bridgehead atoms. The van der Waals surface area contributed by atoms with Gasteiger partial charge in [0.1, 0.15) is 5.75 Å². The molecule has 0 aliphatic rings. The summed E-state index contributed by atoms with van der Waals surface area (Å²) in [4.78, 5) is 12.2. The zero-order valence-corrected chi connectivity index (χ0v) is 13.2. The minimum Gasteiger partial charge on any atom is -0.481 e. The molecule has 0 aromatic heterocycles. The maximum absolute atomic E-state index is 12.2. The van der Waals surface area contributed by atoms with Gasteiger partial charge in [-0.25, -0.2) is 0 Å². The molecule has 1 atom stereocenters. The van der Waals surface area contributed by atoms with Crippen LogP contribution in [0.25, 0.3) is 0 Å². The van der Waals surface area contributed by atoms with E-state index in [1.54, 1.807) is 31.2 Å². The molecule has 1 amide bonds. The van der Waals surface area contributed by atoms with Crippen molar-refractivity contribution in [1.82, 2.24) is 0 Å². The second kappa shape index (κ2) is 6.98. The molecule has 3 N–H and O–H groups in total. The highest BCUT2D eigenvalue weighted by atomic mass is 16.5. The number of amides is 1. The van der Waals surface area contributed by atoms with E-state index in [0.717, 1.165) is 0 Å². The van der Waals surface area contributed by atoms with E-state index in [4.69, 9.17) is 10.5 Å². The molecule has 2 rings (SSSR count). The van der Waals surface area contributed by atoms with Crippen molar-refractivity contribution < 1.29 is 9.53 Å². The third kappa shape index (κ3) is 4.25. The summed E-state index contributed by atoms with van der Waals surface area (Å²) < 4.78 is 5.73. The molecular formula is C18H22N2O2. The summed E-state index contributed by atoms with van der Waals surface area (Å²) in [5, 5.41) is 2.80. The van der Waals surface area contributed by atoms with Gasteiger partial charge in [0.2, 0.25) is 0 Å². The number of carbonyl (C=O) groups is 1. The fourth-order valence-corrected chi connectivity index (χ4v) is 2.06. The van der Waals surface area contributed by atoms with Crippen LogP contribution in [-0.4, -0.2) is 12.0 Å². The van der Waals surface area contributed by atoms with Crippen LogP contribution < -0.4 is 15.8 Å². The van der Waals surface area contributed by atoms with Crippen LogP contribution in [0.5, 0.6) is 5.75 Å². The molecular weight excluding hydrogens is 276 g/mol. The van der Waals surface area contributed by atoms with Crippen LogP contribution >= 0.6 is 0 Å².